The molecule has 0 amide bonds. The number of rotatable bonds is 1. The highest BCUT2D eigenvalue weighted by atomic mass is 19.1. The van der Waals surface area contributed by atoms with Crippen molar-refractivity contribution >= 4 is 0 Å². The number of hydrogen-bond donors (Lipinski definition) is 1. The van der Waals surface area contributed by atoms with Gasteiger partial charge in [0.1, 0.15) is 23.5 Å². The highest BCUT2D eigenvalue weighted by Crippen LogP contribution is 2.41. The Morgan fingerprint density at radius 1 is 1.10 bits per heavy atom. The standard InChI is InChI=1S/C16H14F2O2/c1-9-2-5-15-12(6-9)14(19)8-16(20-15)11-4-3-10(17)7-13(11)18/h2-7,14,16,19H,8H2,1H3/t14-,16?/m0/s1. The van der Waals surface area contributed by atoms with Gasteiger partial charge in [-0.25, -0.2) is 8.78 Å². The summed E-state index contributed by atoms with van der Waals surface area (Å²) >= 11 is 0. The zero-order valence-corrected chi connectivity index (χ0v) is 10.9. The van der Waals surface area contributed by atoms with E-state index >= 15 is 0 Å². The molecule has 0 fully saturated rings. The molecule has 1 aliphatic heterocycles. The Hall–Kier alpha value is -1.94. The molecule has 1 N–H and O–H groups in total. The van der Waals surface area contributed by atoms with Crippen LogP contribution in [0.15, 0.2) is 36.4 Å². The molecule has 0 saturated carbocycles. The van der Waals surface area contributed by atoms with Gasteiger partial charge in [-0.3, -0.25) is 0 Å². The normalized spacial score (nSPS) is 21.2. The van der Waals surface area contributed by atoms with Gasteiger partial charge in [0.15, 0.2) is 0 Å². The highest BCUT2D eigenvalue weighted by Gasteiger charge is 2.29. The predicted molar refractivity (Wildman–Crippen MR) is 70.5 cm³/mol. The summed E-state index contributed by atoms with van der Waals surface area (Å²) in [5.74, 6) is -0.737. The number of aryl methyl sites for hydroxylation is 1. The van der Waals surface area contributed by atoms with Gasteiger partial charge in [-0.1, -0.05) is 11.6 Å². The molecule has 0 bridgehead atoms. The molecular formula is C16H14F2O2. The molecule has 4 heteroatoms. The molecule has 0 saturated heterocycles. The van der Waals surface area contributed by atoms with Crippen molar-refractivity contribution in [3.63, 3.8) is 0 Å². The highest BCUT2D eigenvalue weighted by molar-refractivity contribution is 5.41. The summed E-state index contributed by atoms with van der Waals surface area (Å²) in [6, 6.07) is 8.88. The first-order valence-electron chi connectivity index (χ1n) is 6.45. The molecule has 20 heavy (non-hydrogen) atoms. The lowest BCUT2D eigenvalue weighted by Gasteiger charge is -2.30. The van der Waals surface area contributed by atoms with E-state index in [0.29, 0.717) is 11.3 Å². The summed E-state index contributed by atoms with van der Waals surface area (Å²) in [6.45, 7) is 1.93. The van der Waals surface area contributed by atoms with E-state index in [1.807, 2.05) is 19.1 Å². The number of hydrogen-bond acceptors (Lipinski definition) is 2. The molecule has 0 aromatic heterocycles. The maximum atomic E-state index is 13.8. The minimum Gasteiger partial charge on any atom is -0.485 e. The van der Waals surface area contributed by atoms with Gasteiger partial charge in [0.05, 0.1) is 6.10 Å². The Morgan fingerprint density at radius 3 is 2.65 bits per heavy atom. The number of aliphatic hydroxyl groups excluding tert-OH is 1. The summed E-state index contributed by atoms with van der Waals surface area (Å²) in [6.07, 6.45) is -1.08. The van der Waals surface area contributed by atoms with E-state index in [2.05, 4.69) is 0 Å². The minimum atomic E-state index is -0.715. The molecule has 3 rings (SSSR count). The Morgan fingerprint density at radius 2 is 1.90 bits per heavy atom. The van der Waals surface area contributed by atoms with Crippen LogP contribution in [0.1, 0.15) is 35.3 Å². The van der Waals surface area contributed by atoms with Crippen molar-refractivity contribution in [2.24, 2.45) is 0 Å². The molecule has 104 valence electrons. The van der Waals surface area contributed by atoms with Crippen molar-refractivity contribution < 1.29 is 18.6 Å². The van der Waals surface area contributed by atoms with Gasteiger partial charge in [-0.2, -0.15) is 0 Å². The van der Waals surface area contributed by atoms with Gasteiger partial charge in [0.25, 0.3) is 0 Å². The molecule has 2 aromatic carbocycles. The zero-order chi connectivity index (χ0) is 14.3. The SMILES string of the molecule is Cc1ccc2c(c1)[C@@H](O)CC(c1ccc(F)cc1F)O2. The van der Waals surface area contributed by atoms with Gasteiger partial charge in [0, 0.05) is 23.6 Å². The second-order valence-corrected chi connectivity index (χ2v) is 5.07. The molecule has 2 aromatic rings. The first-order chi connectivity index (χ1) is 9.54. The van der Waals surface area contributed by atoms with Gasteiger partial charge in [0.2, 0.25) is 0 Å². The number of benzene rings is 2. The van der Waals surface area contributed by atoms with Crippen LogP contribution in [0.2, 0.25) is 0 Å². The van der Waals surface area contributed by atoms with Crippen LogP contribution in [0.3, 0.4) is 0 Å². The smallest absolute Gasteiger partial charge is 0.133 e. The summed E-state index contributed by atoms with van der Waals surface area (Å²) < 4.78 is 32.5. The Bertz CT molecular complexity index is 655. The van der Waals surface area contributed by atoms with Crippen LogP contribution >= 0.6 is 0 Å². The molecule has 2 nitrogen and oxygen atoms in total. The summed E-state index contributed by atoms with van der Waals surface area (Å²) in [5, 5.41) is 10.2. The molecule has 1 heterocycles. The van der Waals surface area contributed by atoms with Crippen molar-refractivity contribution in [1.82, 2.24) is 0 Å². The fourth-order valence-electron chi connectivity index (χ4n) is 2.52. The molecule has 1 unspecified atom stereocenters. The van der Waals surface area contributed by atoms with E-state index in [4.69, 9.17) is 4.74 Å². The molecular weight excluding hydrogens is 262 g/mol. The third kappa shape index (κ3) is 2.27. The van der Waals surface area contributed by atoms with Crippen LogP contribution in [0.4, 0.5) is 8.78 Å². The second kappa shape index (κ2) is 4.87. The summed E-state index contributed by atoms with van der Waals surface area (Å²) in [4.78, 5) is 0. The lowest BCUT2D eigenvalue weighted by molar-refractivity contribution is 0.0639. The van der Waals surface area contributed by atoms with Crippen LogP contribution in [-0.2, 0) is 0 Å². The minimum absolute atomic E-state index is 0.249. The van der Waals surface area contributed by atoms with Crippen LogP contribution < -0.4 is 4.74 Å². The van der Waals surface area contributed by atoms with Gasteiger partial charge < -0.3 is 9.84 Å². The Labute approximate surface area is 115 Å². The molecule has 0 spiro atoms. The third-order valence-corrected chi connectivity index (χ3v) is 3.54. The maximum Gasteiger partial charge on any atom is 0.133 e. The first kappa shape index (κ1) is 13.1. The third-order valence-electron chi connectivity index (χ3n) is 3.54. The quantitative estimate of drug-likeness (QED) is 0.857. The number of aliphatic hydroxyl groups is 1. The van der Waals surface area contributed by atoms with Crippen LogP contribution in [-0.4, -0.2) is 5.11 Å². The van der Waals surface area contributed by atoms with Crippen molar-refractivity contribution in [2.45, 2.75) is 25.6 Å². The van der Waals surface area contributed by atoms with Crippen LogP contribution in [0.25, 0.3) is 0 Å². The van der Waals surface area contributed by atoms with Gasteiger partial charge >= 0.3 is 0 Å². The Balaban J connectivity index is 1.97. The topological polar surface area (TPSA) is 29.5 Å². The molecule has 0 radical (unpaired) electrons. The maximum absolute atomic E-state index is 13.8. The van der Waals surface area contributed by atoms with E-state index in [1.54, 1.807) is 6.07 Å². The second-order valence-electron chi connectivity index (χ2n) is 5.07. The predicted octanol–water partition coefficient (Wildman–Crippen LogP) is 3.83. The number of halogens is 2. The lowest BCUT2D eigenvalue weighted by atomic mass is 9.94. The zero-order valence-electron chi connectivity index (χ0n) is 10.9. The van der Waals surface area contributed by atoms with Crippen molar-refractivity contribution in [3.8, 4) is 5.75 Å². The first-order valence-corrected chi connectivity index (χ1v) is 6.45. The fraction of sp³-hybridized carbons (Fsp3) is 0.250. The summed E-state index contributed by atoms with van der Waals surface area (Å²) in [5.41, 5.74) is 2.00. The van der Waals surface area contributed by atoms with Crippen LogP contribution in [0, 0.1) is 18.6 Å². The lowest BCUT2D eigenvalue weighted by Crippen LogP contribution is -2.20. The van der Waals surface area contributed by atoms with E-state index in [9.17, 15) is 13.9 Å². The fourth-order valence-corrected chi connectivity index (χ4v) is 2.52. The van der Waals surface area contributed by atoms with E-state index < -0.39 is 23.8 Å². The average molecular weight is 276 g/mol. The average Bonchev–Trinajstić information content (AvgIpc) is 2.39. The van der Waals surface area contributed by atoms with E-state index in [-0.39, 0.29) is 12.0 Å². The van der Waals surface area contributed by atoms with Gasteiger partial charge in [-0.15, -0.1) is 0 Å². The van der Waals surface area contributed by atoms with E-state index in [0.717, 1.165) is 11.6 Å². The molecule has 0 aliphatic carbocycles. The number of fused-ring (bicyclic) bond motifs is 1. The summed E-state index contributed by atoms with van der Waals surface area (Å²) in [7, 11) is 0. The van der Waals surface area contributed by atoms with Gasteiger partial charge in [-0.05, 0) is 31.2 Å². The van der Waals surface area contributed by atoms with Crippen LogP contribution in [0.5, 0.6) is 5.75 Å². The molecule has 1 aliphatic rings. The largest absolute Gasteiger partial charge is 0.485 e. The van der Waals surface area contributed by atoms with Crippen molar-refractivity contribution in [3.05, 3.63) is 64.7 Å². The number of ether oxygens (including phenoxy) is 1. The van der Waals surface area contributed by atoms with Crippen molar-refractivity contribution in [1.29, 1.82) is 0 Å². The monoisotopic (exact) mass is 276 g/mol. The van der Waals surface area contributed by atoms with E-state index in [1.165, 1.54) is 12.1 Å². The Kier molecular flexibility index (Phi) is 3.18. The molecule has 2 atom stereocenters. The van der Waals surface area contributed by atoms with Crippen molar-refractivity contribution in [2.75, 3.05) is 0 Å².